The molecule has 9 heteroatoms. The normalized spacial score (nSPS) is 16.4. The molecule has 1 fully saturated rings. The average Bonchev–Trinajstić information content (AvgIpc) is 2.85. The van der Waals surface area contributed by atoms with Gasteiger partial charge in [-0.2, -0.15) is 5.10 Å². The summed E-state index contributed by atoms with van der Waals surface area (Å²) in [6.07, 6.45) is 1.59. The molecule has 134 valence electrons. The zero-order chi connectivity index (χ0) is 17.9. The predicted octanol–water partition coefficient (Wildman–Crippen LogP) is 0.665. The van der Waals surface area contributed by atoms with E-state index >= 15 is 0 Å². The van der Waals surface area contributed by atoms with Gasteiger partial charge in [0, 0.05) is 32.0 Å². The van der Waals surface area contributed by atoms with Gasteiger partial charge in [0.15, 0.2) is 0 Å². The molecule has 0 radical (unpaired) electrons. The van der Waals surface area contributed by atoms with Gasteiger partial charge in [-0.3, -0.25) is 9.89 Å². The summed E-state index contributed by atoms with van der Waals surface area (Å²) in [5, 5.41) is 6.60. The van der Waals surface area contributed by atoms with Gasteiger partial charge in [0.05, 0.1) is 11.4 Å². The van der Waals surface area contributed by atoms with Crippen LogP contribution in [0.2, 0.25) is 0 Å². The lowest BCUT2D eigenvalue weighted by molar-refractivity contribution is -0.133. The highest BCUT2D eigenvalue weighted by Gasteiger charge is 2.29. The summed E-state index contributed by atoms with van der Waals surface area (Å²) >= 11 is 0. The van der Waals surface area contributed by atoms with Crippen LogP contribution in [0, 0.1) is 13.8 Å². The summed E-state index contributed by atoms with van der Waals surface area (Å²) in [7, 11) is -3.63. The molecule has 2 N–H and O–H groups in total. The van der Waals surface area contributed by atoms with Crippen molar-refractivity contribution in [2.45, 2.75) is 57.4 Å². The number of H-pyrrole nitrogens is 1. The largest absolute Gasteiger partial charge is 0.343 e. The number of ketones is 1. The van der Waals surface area contributed by atoms with E-state index in [1.54, 1.807) is 18.7 Å². The Bertz CT molecular complexity index is 698. The van der Waals surface area contributed by atoms with E-state index in [-0.39, 0.29) is 35.5 Å². The Morgan fingerprint density at radius 2 is 1.88 bits per heavy atom. The maximum Gasteiger partial charge on any atom is 0.244 e. The molecular weight excluding hydrogens is 332 g/mol. The zero-order valence-electron chi connectivity index (χ0n) is 14.3. The number of amides is 1. The number of nitrogens with one attached hydrogen (secondary N) is 2. The number of hydrogen-bond donors (Lipinski definition) is 2. The van der Waals surface area contributed by atoms with E-state index in [0.717, 1.165) is 0 Å². The number of carbonyl (C=O) groups is 2. The van der Waals surface area contributed by atoms with Gasteiger partial charge in [-0.25, -0.2) is 13.1 Å². The molecular formula is C15H24N4O4S. The third-order valence-electron chi connectivity index (χ3n) is 4.19. The summed E-state index contributed by atoms with van der Waals surface area (Å²) in [5.41, 5.74) is 0.952. The van der Waals surface area contributed by atoms with E-state index in [1.807, 2.05) is 0 Å². The van der Waals surface area contributed by atoms with E-state index in [0.29, 0.717) is 37.3 Å². The number of rotatable bonds is 6. The van der Waals surface area contributed by atoms with E-state index in [2.05, 4.69) is 14.9 Å². The maximum atomic E-state index is 12.5. The van der Waals surface area contributed by atoms with Gasteiger partial charge in [-0.15, -0.1) is 0 Å². The second kappa shape index (κ2) is 7.43. The molecule has 0 aromatic carbocycles. The lowest BCUT2D eigenvalue weighted by Gasteiger charge is -2.32. The molecule has 0 atom stereocenters. The fourth-order valence-electron chi connectivity index (χ4n) is 2.90. The van der Waals surface area contributed by atoms with Gasteiger partial charge in [-0.05, 0) is 33.6 Å². The van der Waals surface area contributed by atoms with Gasteiger partial charge in [0.1, 0.15) is 10.7 Å². The number of sulfonamides is 1. The maximum absolute atomic E-state index is 12.5. The molecule has 0 unspecified atom stereocenters. The van der Waals surface area contributed by atoms with Crippen molar-refractivity contribution in [2.24, 2.45) is 0 Å². The Labute approximate surface area is 142 Å². The summed E-state index contributed by atoms with van der Waals surface area (Å²) in [6.45, 7) is 5.77. The van der Waals surface area contributed by atoms with Crippen molar-refractivity contribution in [1.29, 1.82) is 0 Å². The van der Waals surface area contributed by atoms with E-state index < -0.39 is 10.0 Å². The molecule has 8 nitrogen and oxygen atoms in total. The van der Waals surface area contributed by atoms with Crippen molar-refractivity contribution in [3.8, 4) is 0 Å². The van der Waals surface area contributed by atoms with E-state index in [4.69, 9.17) is 0 Å². The van der Waals surface area contributed by atoms with Crippen molar-refractivity contribution in [1.82, 2.24) is 19.8 Å². The third kappa shape index (κ3) is 4.41. The standard InChI is InChI=1S/C15H24N4O4S/c1-10(20)4-5-14(21)19-8-6-13(7-9-19)18-24(22,23)15-11(2)16-17-12(15)3/h13,18H,4-9H2,1-3H3,(H,16,17). The SMILES string of the molecule is CC(=O)CCC(=O)N1CCC(NS(=O)(=O)c2c(C)n[nH]c2C)CC1. The molecule has 24 heavy (non-hydrogen) atoms. The molecule has 1 aliphatic rings. The van der Waals surface area contributed by atoms with E-state index in [9.17, 15) is 18.0 Å². The zero-order valence-corrected chi connectivity index (χ0v) is 15.1. The van der Waals surface area contributed by atoms with Gasteiger partial charge < -0.3 is 9.69 Å². The first-order chi connectivity index (χ1) is 11.2. The Morgan fingerprint density at radius 3 is 2.38 bits per heavy atom. The molecule has 1 saturated heterocycles. The Morgan fingerprint density at radius 1 is 1.25 bits per heavy atom. The molecule has 0 saturated carbocycles. The van der Waals surface area contributed by atoms with Crippen LogP contribution >= 0.6 is 0 Å². The van der Waals surface area contributed by atoms with Crippen LogP contribution in [0.4, 0.5) is 0 Å². The quantitative estimate of drug-likeness (QED) is 0.778. The number of aryl methyl sites for hydroxylation is 2. The highest BCUT2D eigenvalue weighted by atomic mass is 32.2. The number of Topliss-reactive ketones (excluding diaryl/α,β-unsaturated/α-hetero) is 1. The van der Waals surface area contributed by atoms with Crippen molar-refractivity contribution in [3.05, 3.63) is 11.4 Å². The fraction of sp³-hybridized carbons (Fsp3) is 0.667. The molecule has 2 rings (SSSR count). The van der Waals surface area contributed by atoms with Crippen LogP contribution in [0.15, 0.2) is 4.90 Å². The highest BCUT2D eigenvalue weighted by molar-refractivity contribution is 7.89. The average molecular weight is 356 g/mol. The lowest BCUT2D eigenvalue weighted by Crippen LogP contribution is -2.46. The van der Waals surface area contributed by atoms with E-state index in [1.165, 1.54) is 6.92 Å². The first-order valence-corrected chi connectivity index (χ1v) is 9.50. The van der Waals surface area contributed by atoms with Crippen LogP contribution in [-0.2, 0) is 19.6 Å². The number of nitrogens with zero attached hydrogens (tertiary/aromatic N) is 2. The number of carbonyl (C=O) groups excluding carboxylic acids is 2. The van der Waals surface area contributed by atoms with Crippen LogP contribution in [-0.4, -0.2) is 54.3 Å². The summed E-state index contributed by atoms with van der Waals surface area (Å²) in [5.74, 6) is -0.0510. The number of likely N-dealkylation sites (tertiary alicyclic amines) is 1. The number of hydrogen-bond acceptors (Lipinski definition) is 5. The molecule has 1 aromatic heterocycles. The molecule has 1 amide bonds. The second-order valence-electron chi connectivity index (χ2n) is 6.24. The highest BCUT2D eigenvalue weighted by Crippen LogP contribution is 2.19. The van der Waals surface area contributed by atoms with Crippen LogP contribution in [0.5, 0.6) is 0 Å². The minimum atomic E-state index is -3.63. The Kier molecular flexibility index (Phi) is 5.76. The summed E-state index contributed by atoms with van der Waals surface area (Å²) in [4.78, 5) is 24.8. The summed E-state index contributed by atoms with van der Waals surface area (Å²) < 4.78 is 27.7. The minimum absolute atomic E-state index is 0.00292. The van der Waals surface area contributed by atoms with Crippen molar-refractivity contribution in [2.75, 3.05) is 13.1 Å². The summed E-state index contributed by atoms with van der Waals surface area (Å²) in [6, 6.07) is -0.208. The first kappa shape index (κ1) is 18.6. The van der Waals surface area contributed by atoms with Crippen LogP contribution in [0.1, 0.15) is 44.0 Å². The topological polar surface area (TPSA) is 112 Å². The molecule has 1 aromatic rings. The number of aromatic amines is 1. The van der Waals surface area contributed by atoms with Crippen LogP contribution < -0.4 is 4.72 Å². The minimum Gasteiger partial charge on any atom is -0.343 e. The number of piperidine rings is 1. The Balaban J connectivity index is 1.91. The monoisotopic (exact) mass is 356 g/mol. The first-order valence-electron chi connectivity index (χ1n) is 8.02. The van der Waals surface area contributed by atoms with Gasteiger partial charge in [0.25, 0.3) is 0 Å². The molecule has 2 heterocycles. The van der Waals surface area contributed by atoms with Gasteiger partial charge in [-0.1, -0.05) is 0 Å². The fourth-order valence-corrected chi connectivity index (χ4v) is 4.58. The number of aromatic nitrogens is 2. The van der Waals surface area contributed by atoms with Crippen LogP contribution in [0.3, 0.4) is 0 Å². The van der Waals surface area contributed by atoms with Crippen molar-refractivity contribution >= 4 is 21.7 Å². The van der Waals surface area contributed by atoms with Gasteiger partial charge in [0.2, 0.25) is 15.9 Å². The molecule has 1 aliphatic heterocycles. The second-order valence-corrected chi connectivity index (χ2v) is 7.89. The molecule has 0 spiro atoms. The smallest absolute Gasteiger partial charge is 0.244 e. The molecule has 0 bridgehead atoms. The molecule has 0 aliphatic carbocycles. The van der Waals surface area contributed by atoms with Crippen molar-refractivity contribution in [3.63, 3.8) is 0 Å². The van der Waals surface area contributed by atoms with Gasteiger partial charge >= 0.3 is 0 Å². The van der Waals surface area contributed by atoms with Crippen molar-refractivity contribution < 1.29 is 18.0 Å². The third-order valence-corrected chi connectivity index (χ3v) is 5.97. The predicted molar refractivity (Wildman–Crippen MR) is 87.9 cm³/mol. The lowest BCUT2D eigenvalue weighted by atomic mass is 10.1. The Hall–Kier alpha value is -1.74. The van der Waals surface area contributed by atoms with Crippen LogP contribution in [0.25, 0.3) is 0 Å².